The molecule has 3 aliphatic heterocycles. The number of nitrogens with two attached hydrogens (primary N) is 1. The number of likely N-dealkylation sites (tertiary alicyclic amines) is 3. The van der Waals surface area contributed by atoms with Crippen molar-refractivity contribution < 1.29 is 91.9 Å². The molecule has 8 amide bonds. The molecule has 3 aromatic carbocycles. The minimum absolute atomic E-state index is 0.00348. The summed E-state index contributed by atoms with van der Waals surface area (Å²) in [6.45, 7) is 1.47. The number of fused-ring (bicyclic) bond motifs is 6. The number of hydrogen-bond donors (Lipinski definition) is 12. The van der Waals surface area contributed by atoms with Gasteiger partial charge in [-0.15, -0.1) is 0 Å². The molecule has 13 N–H and O–H groups in total. The number of aliphatic hydroxyl groups excluding tert-OH is 2. The molecule has 18 rings (SSSR count). The summed E-state index contributed by atoms with van der Waals surface area (Å²) >= 11 is 0. The summed E-state index contributed by atoms with van der Waals surface area (Å²) in [5, 5.41) is 47.1. The van der Waals surface area contributed by atoms with Crippen LogP contribution in [0.1, 0.15) is 224 Å². The highest BCUT2D eigenvalue weighted by molar-refractivity contribution is 6.38. The quantitative estimate of drug-likeness (QED) is 0.0228. The Bertz CT molecular complexity index is 5000. The number of carboxylic acid groups (broad SMARTS) is 1. The third kappa shape index (κ3) is 19.9. The van der Waals surface area contributed by atoms with Gasteiger partial charge in [-0.1, -0.05) is 56.7 Å². The number of carbonyl (C=O) groups excluding carboxylic acids is 12. The number of aromatic nitrogens is 3. The number of carboxylic acids is 1. The minimum Gasteiger partial charge on any atom is -0.496 e. The molecule has 2 unspecified atom stereocenters. The molecular formula is C93H120N12O19. The number of methoxy groups -OCH3 is 3. The van der Waals surface area contributed by atoms with E-state index in [4.69, 9.17) is 19.9 Å². The second-order valence-electron chi connectivity index (χ2n) is 36.8. The number of carbonyl (C=O) groups is 13. The number of Topliss-reactive ketones (excluding diaryl/α,β-unsaturated/α-hetero) is 4. The Labute approximate surface area is 720 Å². The molecule has 6 aromatic rings. The standard InChI is InChI=1S/C31H40N4O6.C31H38N4O6.C18H20N2O4.C13H22N2O3/c2*1-41-26-11-5-9-22-21(26)15-24(33-22)31(40)35-16-18-7-4-8-20(18)27(35)29(38)34-23(14-17-6-2-3-10-25(17)36)28(37)30(39)32-19-12-13-19;1-24-15-7-3-6-13-12(15)8-14(19-13)17(21)20-9-10-4-2-5-11(10)16(20)18(22)23;14-10(7-8-3-1-2-4-11(8)16)12(17)13(18)15-9-5-6-9/h5,9,11,15,17-20,23,27-28,33,37H,2-4,6-8,10,12-14,16H2,1H3,(H,32,39)(H,34,38);5,9,11,15,17-20,23,27,33H,2-4,6-8,10,12-14,16H2,1H3,(H,32,39)(H,34,38);3,6-8,10-11,16,19H,2,4-5,9H2,1H3,(H,22,23);8-10,12,17H,1-7,14H2,(H,15,18)/t17-,18-,20-,23-,27-,28?;17-,18-,20-,23-,27-;10-,11-,16-;8-,10-,12?/m0000/s1. The first kappa shape index (κ1) is 88.3. The fourth-order valence-electron chi connectivity index (χ4n) is 21.3. The number of ketones is 4. The van der Waals surface area contributed by atoms with Gasteiger partial charge in [0.15, 0.2) is 6.10 Å². The number of aliphatic carboxylic acids is 1. The fraction of sp³-hybridized carbons (Fsp3) is 0.602. The lowest BCUT2D eigenvalue weighted by atomic mass is 9.82. The van der Waals surface area contributed by atoms with Gasteiger partial charge in [0.25, 0.3) is 35.4 Å². The summed E-state index contributed by atoms with van der Waals surface area (Å²) in [6, 6.07) is 17.4. The molecule has 9 saturated carbocycles. The average molecular weight is 1710 g/mol. The Morgan fingerprint density at radius 2 is 0.798 bits per heavy atom. The maximum Gasteiger partial charge on any atom is 0.326 e. The summed E-state index contributed by atoms with van der Waals surface area (Å²) in [7, 11) is 4.75. The number of hydrogen-bond acceptors (Lipinski definition) is 19. The molecule has 9 aliphatic carbocycles. The number of amides is 8. The molecule has 3 saturated heterocycles. The van der Waals surface area contributed by atoms with Crippen molar-refractivity contribution in [3.63, 3.8) is 0 Å². The van der Waals surface area contributed by atoms with Crippen LogP contribution in [0.3, 0.4) is 0 Å². The first-order chi connectivity index (χ1) is 59.8. The molecule has 0 radical (unpaired) electrons. The molecule has 3 aromatic heterocycles. The number of aliphatic hydroxyl groups is 2. The van der Waals surface area contributed by atoms with Gasteiger partial charge in [-0.05, 0) is 225 Å². The van der Waals surface area contributed by atoms with Crippen LogP contribution >= 0.6 is 0 Å². The van der Waals surface area contributed by atoms with Crippen LogP contribution in [0.4, 0.5) is 0 Å². The van der Waals surface area contributed by atoms with Gasteiger partial charge in [0.1, 0.15) is 75.9 Å². The Kier molecular flexibility index (Phi) is 27.7. The van der Waals surface area contributed by atoms with E-state index in [1.807, 2.05) is 54.6 Å². The highest BCUT2D eigenvalue weighted by Crippen LogP contribution is 2.47. The van der Waals surface area contributed by atoms with Crippen molar-refractivity contribution in [1.29, 1.82) is 0 Å². The van der Waals surface area contributed by atoms with Crippen LogP contribution in [-0.2, 0) is 47.9 Å². The molecule has 666 valence electrons. The Morgan fingerprint density at radius 1 is 0.435 bits per heavy atom. The van der Waals surface area contributed by atoms with Crippen molar-refractivity contribution in [1.82, 2.24) is 56.2 Å². The average Bonchev–Trinajstić information content (AvgIpc) is 1.62. The zero-order valence-corrected chi connectivity index (χ0v) is 71.1. The van der Waals surface area contributed by atoms with E-state index in [9.17, 15) is 77.6 Å². The lowest BCUT2D eigenvalue weighted by Gasteiger charge is -2.32. The molecule has 124 heavy (non-hydrogen) atoms. The van der Waals surface area contributed by atoms with Gasteiger partial charge < -0.3 is 91.5 Å². The number of aromatic amines is 3. The highest BCUT2D eigenvalue weighted by Gasteiger charge is 2.54. The van der Waals surface area contributed by atoms with Gasteiger partial charge in [0, 0.05) is 114 Å². The van der Waals surface area contributed by atoms with Crippen molar-refractivity contribution in [3.8, 4) is 17.2 Å². The monoisotopic (exact) mass is 1710 g/mol. The van der Waals surface area contributed by atoms with Gasteiger partial charge in [0.2, 0.25) is 17.6 Å². The Morgan fingerprint density at radius 3 is 1.19 bits per heavy atom. The van der Waals surface area contributed by atoms with E-state index >= 15 is 0 Å². The van der Waals surface area contributed by atoms with Crippen molar-refractivity contribution in [2.24, 2.45) is 59.0 Å². The number of ether oxygens (including phenoxy) is 3. The highest BCUT2D eigenvalue weighted by atomic mass is 16.5. The number of benzene rings is 3. The summed E-state index contributed by atoms with van der Waals surface area (Å²) in [6.07, 6.45) is 21.1. The summed E-state index contributed by atoms with van der Waals surface area (Å²) < 4.78 is 16.2. The third-order valence-electron chi connectivity index (χ3n) is 28.4. The van der Waals surface area contributed by atoms with Gasteiger partial charge in [-0.3, -0.25) is 57.5 Å². The van der Waals surface area contributed by atoms with E-state index in [-0.39, 0.29) is 119 Å². The van der Waals surface area contributed by atoms with E-state index in [1.54, 1.807) is 49.3 Å². The van der Waals surface area contributed by atoms with Gasteiger partial charge in [-0.25, -0.2) is 4.79 Å². The Balaban J connectivity index is 0.000000134. The van der Waals surface area contributed by atoms with E-state index in [1.165, 1.54) is 4.90 Å². The van der Waals surface area contributed by atoms with Gasteiger partial charge in [-0.2, -0.15) is 0 Å². The lowest BCUT2D eigenvalue weighted by Crippen LogP contribution is -2.57. The van der Waals surface area contributed by atoms with E-state index in [2.05, 4.69) is 41.5 Å². The first-order valence-electron chi connectivity index (χ1n) is 45.2. The SMILES string of the molecule is COc1cccc2[nH]c(C(=O)N3C[C@@H]4CCC[C@@H]4[C@H]3C(=O)N[C@@H](C[C@@H]3CCCCC3=O)C(=O)C(=O)NC3CC3)cc12.COc1cccc2[nH]c(C(=O)N3C[C@@H]4CCC[C@@H]4[C@H]3C(=O)N[C@@H](C[C@@H]3CCCCC3=O)C(O)C(=O)NC3CC3)cc12.COc1cccc2[nH]c(C(=O)N3C[C@@H]4CCC[C@@H]4[C@H]3C(=O)O)cc12.N[C@@H](C[C@@H]1CCCCC1=O)C(O)C(=O)NC1CC1. The smallest absolute Gasteiger partial charge is 0.326 e. The molecule has 17 atom stereocenters. The van der Waals surface area contributed by atoms with E-state index in [0.29, 0.717) is 98.4 Å². The molecule has 12 aliphatic rings. The molecule has 0 spiro atoms. The zero-order valence-electron chi connectivity index (χ0n) is 71.1. The van der Waals surface area contributed by atoms with Crippen LogP contribution in [-0.4, -0.2) is 229 Å². The van der Waals surface area contributed by atoms with Gasteiger partial charge in [0.05, 0.1) is 33.4 Å². The third-order valence-corrected chi connectivity index (χ3v) is 28.4. The predicted octanol–water partition coefficient (Wildman–Crippen LogP) is 8.19. The zero-order chi connectivity index (χ0) is 87.3. The fourth-order valence-corrected chi connectivity index (χ4v) is 21.3. The number of rotatable bonds is 26. The molecular weight excluding hydrogens is 1590 g/mol. The van der Waals surface area contributed by atoms with Crippen LogP contribution in [0.5, 0.6) is 17.2 Å². The molecule has 31 nitrogen and oxygen atoms in total. The maximum absolute atomic E-state index is 14.0. The van der Waals surface area contributed by atoms with Crippen molar-refractivity contribution in [2.45, 2.75) is 259 Å². The normalized spacial score (nSPS) is 26.8. The molecule has 6 heterocycles. The number of H-pyrrole nitrogens is 3. The van der Waals surface area contributed by atoms with Crippen LogP contribution in [0.2, 0.25) is 0 Å². The van der Waals surface area contributed by atoms with Crippen molar-refractivity contribution >= 4 is 109 Å². The van der Waals surface area contributed by atoms with Crippen LogP contribution in [0.15, 0.2) is 72.8 Å². The summed E-state index contributed by atoms with van der Waals surface area (Å²) in [5.41, 5.74) is 9.36. The second-order valence-corrected chi connectivity index (χ2v) is 36.8. The molecule has 31 heteroatoms. The maximum atomic E-state index is 14.0. The number of nitrogens with one attached hydrogen (secondary N) is 8. The van der Waals surface area contributed by atoms with Crippen LogP contribution in [0, 0.1) is 53.3 Å². The predicted molar refractivity (Wildman–Crippen MR) is 456 cm³/mol. The topological polar surface area (TPSA) is 454 Å². The number of nitrogens with zero attached hydrogens (tertiary/aromatic N) is 3. The van der Waals surface area contributed by atoms with Crippen molar-refractivity contribution in [3.05, 3.63) is 89.9 Å². The van der Waals surface area contributed by atoms with Crippen molar-refractivity contribution in [2.75, 3.05) is 41.0 Å². The van der Waals surface area contributed by atoms with E-state index < -0.39 is 83.8 Å². The largest absolute Gasteiger partial charge is 0.496 e. The van der Waals surface area contributed by atoms with Crippen LogP contribution < -0.4 is 46.5 Å². The minimum atomic E-state index is -1.47. The second kappa shape index (κ2) is 38.9. The first-order valence-corrected chi connectivity index (χ1v) is 45.2. The van der Waals surface area contributed by atoms with Crippen LogP contribution in [0.25, 0.3) is 32.7 Å². The summed E-state index contributed by atoms with van der Waals surface area (Å²) in [4.78, 5) is 182. The molecule has 12 fully saturated rings. The lowest BCUT2D eigenvalue weighted by molar-refractivity contribution is -0.143. The summed E-state index contributed by atoms with van der Waals surface area (Å²) in [5.74, 6) is -2.36. The van der Waals surface area contributed by atoms with Gasteiger partial charge >= 0.3 is 5.97 Å². The molecule has 0 bridgehead atoms. The Hall–Kier alpha value is -10.5. The van der Waals surface area contributed by atoms with E-state index in [0.717, 1.165) is 174 Å².